The fourth-order valence-electron chi connectivity index (χ4n) is 1.81. The van der Waals surface area contributed by atoms with E-state index >= 15 is 0 Å². The number of carbonyl (C=O) groups is 1. The maximum Gasteiger partial charge on any atom is 0.191 e. The van der Waals surface area contributed by atoms with Crippen LogP contribution >= 0.6 is 0 Å². The van der Waals surface area contributed by atoms with Crippen molar-refractivity contribution in [2.24, 2.45) is 5.10 Å². The fraction of sp³-hybridized carbons (Fsp3) is 0.778. The summed E-state index contributed by atoms with van der Waals surface area (Å²) in [4.78, 5) is 11.8. The SMILES string of the molecule is CC1=NN(C)C(C)(C(=O)C2CO2)C1. The Balaban J connectivity index is 2.17. The average molecular weight is 182 g/mol. The first-order valence-electron chi connectivity index (χ1n) is 4.48. The molecule has 0 radical (unpaired) electrons. The van der Waals surface area contributed by atoms with E-state index in [0.717, 1.165) is 12.1 Å². The van der Waals surface area contributed by atoms with Gasteiger partial charge in [-0.05, 0) is 13.8 Å². The van der Waals surface area contributed by atoms with Gasteiger partial charge in [0, 0.05) is 19.2 Å². The quantitative estimate of drug-likeness (QED) is 0.581. The zero-order valence-corrected chi connectivity index (χ0v) is 8.20. The number of nitrogens with zero attached hydrogens (tertiary/aromatic N) is 2. The molecule has 2 unspecified atom stereocenters. The van der Waals surface area contributed by atoms with Crippen molar-refractivity contribution in [1.82, 2.24) is 5.01 Å². The Hall–Kier alpha value is -0.900. The number of ether oxygens (including phenoxy) is 1. The minimum absolute atomic E-state index is 0.163. The van der Waals surface area contributed by atoms with E-state index < -0.39 is 5.54 Å². The number of hydrogen-bond acceptors (Lipinski definition) is 4. The van der Waals surface area contributed by atoms with E-state index in [2.05, 4.69) is 5.10 Å². The lowest BCUT2D eigenvalue weighted by atomic mass is 9.89. The van der Waals surface area contributed by atoms with Crippen LogP contribution in [0.1, 0.15) is 20.3 Å². The summed E-state index contributed by atoms with van der Waals surface area (Å²) < 4.78 is 5.00. The van der Waals surface area contributed by atoms with Crippen LogP contribution in [0.3, 0.4) is 0 Å². The van der Waals surface area contributed by atoms with Crippen molar-refractivity contribution in [3.05, 3.63) is 0 Å². The van der Waals surface area contributed by atoms with Gasteiger partial charge in [-0.3, -0.25) is 9.80 Å². The Morgan fingerprint density at radius 2 is 2.38 bits per heavy atom. The second-order valence-electron chi connectivity index (χ2n) is 4.00. The molecule has 1 saturated heterocycles. The number of epoxide rings is 1. The molecule has 0 aliphatic carbocycles. The highest BCUT2D eigenvalue weighted by Gasteiger charge is 2.48. The zero-order valence-electron chi connectivity index (χ0n) is 8.20. The van der Waals surface area contributed by atoms with Crippen LogP contribution in [0, 0.1) is 0 Å². The Morgan fingerprint density at radius 1 is 1.77 bits per heavy atom. The molecule has 13 heavy (non-hydrogen) atoms. The van der Waals surface area contributed by atoms with Gasteiger partial charge in [-0.1, -0.05) is 0 Å². The van der Waals surface area contributed by atoms with Gasteiger partial charge in [0.15, 0.2) is 5.78 Å². The van der Waals surface area contributed by atoms with Gasteiger partial charge in [0.2, 0.25) is 0 Å². The normalized spacial score (nSPS) is 37.6. The lowest BCUT2D eigenvalue weighted by Gasteiger charge is -2.29. The molecule has 72 valence electrons. The third-order valence-electron chi connectivity index (χ3n) is 2.79. The van der Waals surface area contributed by atoms with E-state index in [1.165, 1.54) is 0 Å². The van der Waals surface area contributed by atoms with Gasteiger partial charge in [-0.25, -0.2) is 0 Å². The molecule has 4 heteroatoms. The molecule has 1 fully saturated rings. The van der Waals surface area contributed by atoms with Crippen LogP contribution in [0.2, 0.25) is 0 Å². The van der Waals surface area contributed by atoms with Crippen LogP contribution in [0.15, 0.2) is 5.10 Å². The summed E-state index contributed by atoms with van der Waals surface area (Å²) in [6.45, 7) is 4.46. The summed E-state index contributed by atoms with van der Waals surface area (Å²) in [7, 11) is 1.84. The molecule has 0 N–H and O–H groups in total. The fourth-order valence-corrected chi connectivity index (χ4v) is 1.81. The standard InChI is InChI=1S/C9H14N2O2/c1-6-4-9(2,11(3)10-6)8(12)7-5-13-7/h7H,4-5H2,1-3H3. The van der Waals surface area contributed by atoms with E-state index in [-0.39, 0.29) is 11.9 Å². The molecular weight excluding hydrogens is 168 g/mol. The average Bonchev–Trinajstić information content (AvgIpc) is 2.81. The number of Topliss-reactive ketones (excluding diaryl/α,β-unsaturated/α-hetero) is 1. The minimum atomic E-state index is -0.467. The van der Waals surface area contributed by atoms with E-state index in [1.807, 2.05) is 20.9 Å². The lowest BCUT2D eigenvalue weighted by Crippen LogP contribution is -2.47. The van der Waals surface area contributed by atoms with E-state index in [0.29, 0.717) is 6.61 Å². The predicted molar refractivity (Wildman–Crippen MR) is 48.6 cm³/mol. The molecule has 0 saturated carbocycles. The summed E-state index contributed by atoms with van der Waals surface area (Å²) in [6.07, 6.45) is 0.552. The Bertz CT molecular complexity index is 283. The van der Waals surface area contributed by atoms with Crippen LogP contribution in [0.4, 0.5) is 0 Å². The number of ketones is 1. The third kappa shape index (κ3) is 1.25. The minimum Gasteiger partial charge on any atom is -0.365 e. The molecule has 2 aliphatic rings. The van der Waals surface area contributed by atoms with E-state index in [1.54, 1.807) is 5.01 Å². The highest BCUT2D eigenvalue weighted by molar-refractivity contribution is 6.00. The largest absolute Gasteiger partial charge is 0.365 e. The Morgan fingerprint density at radius 3 is 2.77 bits per heavy atom. The monoisotopic (exact) mass is 182 g/mol. The van der Waals surface area contributed by atoms with Gasteiger partial charge >= 0.3 is 0 Å². The molecule has 2 aliphatic heterocycles. The van der Waals surface area contributed by atoms with Crippen LogP contribution < -0.4 is 0 Å². The maximum atomic E-state index is 11.8. The number of hydrazone groups is 1. The van der Waals surface area contributed by atoms with Crippen LogP contribution in [0.5, 0.6) is 0 Å². The van der Waals surface area contributed by atoms with Gasteiger partial charge in [-0.2, -0.15) is 5.10 Å². The van der Waals surface area contributed by atoms with Crippen molar-refractivity contribution in [2.75, 3.05) is 13.7 Å². The van der Waals surface area contributed by atoms with Gasteiger partial charge in [-0.15, -0.1) is 0 Å². The molecule has 0 spiro atoms. The van der Waals surface area contributed by atoms with E-state index in [9.17, 15) is 4.79 Å². The summed E-state index contributed by atoms with van der Waals surface area (Å²) in [5, 5.41) is 6.00. The second kappa shape index (κ2) is 2.54. The van der Waals surface area contributed by atoms with Crippen LogP contribution in [-0.2, 0) is 9.53 Å². The van der Waals surface area contributed by atoms with Crippen molar-refractivity contribution in [3.63, 3.8) is 0 Å². The first-order valence-corrected chi connectivity index (χ1v) is 4.48. The number of hydrogen-bond donors (Lipinski definition) is 0. The van der Waals surface area contributed by atoms with Gasteiger partial charge in [0.1, 0.15) is 11.6 Å². The van der Waals surface area contributed by atoms with Gasteiger partial charge in [0.05, 0.1) is 6.61 Å². The Labute approximate surface area is 77.5 Å². The number of likely N-dealkylation sites (N-methyl/N-ethyl adjacent to an activating group) is 1. The summed E-state index contributed by atoms with van der Waals surface area (Å²) in [5.74, 6) is 0.163. The smallest absolute Gasteiger partial charge is 0.191 e. The zero-order chi connectivity index (χ0) is 9.64. The van der Waals surface area contributed by atoms with Crippen molar-refractivity contribution in [3.8, 4) is 0 Å². The molecular formula is C9H14N2O2. The maximum absolute atomic E-state index is 11.8. The number of rotatable bonds is 2. The highest BCUT2D eigenvalue weighted by Crippen LogP contribution is 2.31. The number of carbonyl (C=O) groups excluding carboxylic acids is 1. The summed E-state index contributed by atoms with van der Waals surface area (Å²) in [6, 6.07) is 0. The topological polar surface area (TPSA) is 45.2 Å². The molecule has 0 aromatic carbocycles. The first-order chi connectivity index (χ1) is 6.04. The van der Waals surface area contributed by atoms with Crippen molar-refractivity contribution < 1.29 is 9.53 Å². The van der Waals surface area contributed by atoms with Crippen LogP contribution in [0.25, 0.3) is 0 Å². The van der Waals surface area contributed by atoms with Crippen molar-refractivity contribution in [1.29, 1.82) is 0 Å². The van der Waals surface area contributed by atoms with Gasteiger partial charge < -0.3 is 4.74 Å². The molecule has 2 heterocycles. The molecule has 0 aromatic rings. The summed E-state index contributed by atoms with van der Waals surface area (Å²) >= 11 is 0. The highest BCUT2D eigenvalue weighted by atomic mass is 16.6. The van der Waals surface area contributed by atoms with Crippen molar-refractivity contribution >= 4 is 11.5 Å². The van der Waals surface area contributed by atoms with E-state index in [4.69, 9.17) is 4.74 Å². The molecule has 0 bridgehead atoms. The molecule has 0 amide bonds. The molecule has 4 nitrogen and oxygen atoms in total. The lowest BCUT2D eigenvalue weighted by molar-refractivity contribution is -0.129. The molecule has 2 atom stereocenters. The van der Waals surface area contributed by atoms with Gasteiger partial charge in [0.25, 0.3) is 0 Å². The van der Waals surface area contributed by atoms with Crippen molar-refractivity contribution in [2.45, 2.75) is 31.9 Å². The summed E-state index contributed by atoms with van der Waals surface area (Å²) in [5.41, 5.74) is 0.546. The molecule has 2 rings (SSSR count). The van der Waals surface area contributed by atoms with Crippen LogP contribution in [-0.4, -0.2) is 41.8 Å². The first kappa shape index (κ1) is 8.69. The third-order valence-corrected chi connectivity index (χ3v) is 2.79. The second-order valence-corrected chi connectivity index (χ2v) is 4.00. The predicted octanol–water partition coefficient (Wildman–Crippen LogP) is 0.424. The Kier molecular flexibility index (Phi) is 1.70. The molecule has 0 aromatic heterocycles.